The molecular weight excluding hydrogens is 236 g/mol. The van der Waals surface area contributed by atoms with Crippen molar-refractivity contribution in [3.63, 3.8) is 0 Å². The number of hydrogen-bond donors (Lipinski definition) is 1. The predicted molar refractivity (Wildman–Crippen MR) is 68.2 cm³/mol. The van der Waals surface area contributed by atoms with Gasteiger partial charge in [0.25, 0.3) is 0 Å². The van der Waals surface area contributed by atoms with Crippen LogP contribution in [-0.2, 0) is 13.0 Å². The highest BCUT2D eigenvalue weighted by Gasteiger charge is 2.06. The molecule has 0 bridgehead atoms. The maximum Gasteiger partial charge on any atom is 0.315 e. The minimum atomic E-state index is 0.499. The topological polar surface area (TPSA) is 54.2 Å². The molecule has 0 aliphatic carbocycles. The Morgan fingerprint density at radius 3 is 3.00 bits per heavy atom. The van der Waals surface area contributed by atoms with Gasteiger partial charge in [0, 0.05) is 11.4 Å². The van der Waals surface area contributed by atoms with Gasteiger partial charge in [-0.05, 0) is 32.0 Å². The second-order valence-electron chi connectivity index (χ2n) is 3.99. The first kappa shape index (κ1) is 12.1. The minimum absolute atomic E-state index is 0.499. The maximum atomic E-state index is 5.44. The number of rotatable bonds is 6. The molecule has 6 heteroatoms. The van der Waals surface area contributed by atoms with E-state index in [0.717, 1.165) is 13.0 Å². The molecule has 0 aliphatic rings. The molecule has 0 aromatic carbocycles. The van der Waals surface area contributed by atoms with Crippen LogP contribution < -0.4 is 5.32 Å². The van der Waals surface area contributed by atoms with Crippen LogP contribution in [0.3, 0.4) is 0 Å². The Hall–Kier alpha value is -1.40. The van der Waals surface area contributed by atoms with E-state index in [1.807, 2.05) is 19.0 Å². The molecule has 0 spiro atoms. The van der Waals surface area contributed by atoms with Gasteiger partial charge >= 0.3 is 6.01 Å². The standard InChI is InChI=1S/C11H16N4OS/c1-15(2)8-10-13-14-11(16-10)12-6-5-9-4-3-7-17-9/h3-4,7H,5-6,8H2,1-2H3,(H,12,14). The van der Waals surface area contributed by atoms with Crippen LogP contribution in [0.15, 0.2) is 21.9 Å². The van der Waals surface area contributed by atoms with Gasteiger partial charge in [-0.3, -0.25) is 0 Å². The SMILES string of the molecule is CN(C)Cc1nnc(NCCc2cccs2)o1. The molecule has 0 saturated heterocycles. The molecule has 0 atom stereocenters. The molecule has 2 rings (SSSR count). The Morgan fingerprint density at radius 2 is 2.29 bits per heavy atom. The third-order valence-electron chi connectivity index (χ3n) is 2.15. The van der Waals surface area contributed by atoms with Gasteiger partial charge in [-0.1, -0.05) is 11.2 Å². The van der Waals surface area contributed by atoms with E-state index in [0.29, 0.717) is 18.5 Å². The van der Waals surface area contributed by atoms with Gasteiger partial charge in [0.2, 0.25) is 5.89 Å². The monoisotopic (exact) mass is 252 g/mol. The van der Waals surface area contributed by atoms with E-state index >= 15 is 0 Å². The van der Waals surface area contributed by atoms with Crippen molar-refractivity contribution >= 4 is 17.4 Å². The summed E-state index contributed by atoms with van der Waals surface area (Å²) in [6.45, 7) is 1.48. The van der Waals surface area contributed by atoms with E-state index in [1.165, 1.54) is 4.88 Å². The molecule has 1 N–H and O–H groups in total. The third kappa shape index (κ3) is 3.83. The summed E-state index contributed by atoms with van der Waals surface area (Å²) in [5, 5.41) is 13.1. The molecule has 0 saturated carbocycles. The number of nitrogens with zero attached hydrogens (tertiary/aromatic N) is 3. The van der Waals surface area contributed by atoms with E-state index < -0.39 is 0 Å². The third-order valence-corrected chi connectivity index (χ3v) is 3.08. The lowest BCUT2D eigenvalue weighted by Crippen LogP contribution is -2.10. The van der Waals surface area contributed by atoms with Crippen molar-refractivity contribution in [3.05, 3.63) is 28.3 Å². The molecule has 5 nitrogen and oxygen atoms in total. The molecule has 0 aliphatic heterocycles. The van der Waals surface area contributed by atoms with Crippen molar-refractivity contribution in [1.29, 1.82) is 0 Å². The van der Waals surface area contributed by atoms with Crippen LogP contribution in [0.25, 0.3) is 0 Å². The molecule has 2 aromatic rings. The summed E-state index contributed by atoms with van der Waals surface area (Å²) in [4.78, 5) is 3.34. The van der Waals surface area contributed by atoms with Crippen LogP contribution in [0.5, 0.6) is 0 Å². The molecule has 17 heavy (non-hydrogen) atoms. The number of aromatic nitrogens is 2. The second-order valence-corrected chi connectivity index (χ2v) is 5.03. The van der Waals surface area contributed by atoms with Crippen molar-refractivity contribution in [3.8, 4) is 0 Å². The zero-order valence-electron chi connectivity index (χ0n) is 10.0. The molecule has 0 amide bonds. The zero-order valence-corrected chi connectivity index (χ0v) is 10.8. The number of anilines is 1. The average Bonchev–Trinajstić information content (AvgIpc) is 2.89. The van der Waals surface area contributed by atoms with Crippen LogP contribution in [0.4, 0.5) is 6.01 Å². The average molecular weight is 252 g/mol. The first-order chi connectivity index (χ1) is 8.24. The number of hydrogen-bond acceptors (Lipinski definition) is 6. The Balaban J connectivity index is 1.77. The summed E-state index contributed by atoms with van der Waals surface area (Å²) in [5.74, 6) is 0.633. The highest BCUT2D eigenvalue weighted by atomic mass is 32.1. The van der Waals surface area contributed by atoms with E-state index in [-0.39, 0.29) is 0 Å². The molecular formula is C11H16N4OS. The summed E-state index contributed by atoms with van der Waals surface area (Å²) < 4.78 is 5.44. The fourth-order valence-electron chi connectivity index (χ4n) is 1.41. The van der Waals surface area contributed by atoms with Gasteiger partial charge in [0.15, 0.2) is 0 Å². The number of thiophene rings is 1. The van der Waals surface area contributed by atoms with Gasteiger partial charge in [0.1, 0.15) is 0 Å². The van der Waals surface area contributed by atoms with Crippen LogP contribution in [-0.4, -0.2) is 35.7 Å². The lowest BCUT2D eigenvalue weighted by Gasteiger charge is -2.03. The summed E-state index contributed by atoms with van der Waals surface area (Å²) in [7, 11) is 3.93. The molecule has 0 fully saturated rings. The lowest BCUT2D eigenvalue weighted by molar-refractivity contribution is 0.344. The second kappa shape index (κ2) is 5.79. The lowest BCUT2D eigenvalue weighted by atomic mass is 10.3. The molecule has 2 aromatic heterocycles. The Morgan fingerprint density at radius 1 is 1.41 bits per heavy atom. The van der Waals surface area contributed by atoms with Gasteiger partial charge in [-0.25, -0.2) is 0 Å². The van der Waals surface area contributed by atoms with E-state index in [4.69, 9.17) is 4.42 Å². The fraction of sp³-hybridized carbons (Fsp3) is 0.455. The zero-order chi connectivity index (χ0) is 12.1. The Labute approximate surface area is 104 Å². The molecule has 2 heterocycles. The van der Waals surface area contributed by atoms with Gasteiger partial charge in [-0.15, -0.1) is 16.4 Å². The summed E-state index contributed by atoms with van der Waals surface area (Å²) in [5.41, 5.74) is 0. The van der Waals surface area contributed by atoms with Gasteiger partial charge < -0.3 is 14.6 Å². The number of nitrogens with one attached hydrogen (secondary N) is 1. The van der Waals surface area contributed by atoms with Crippen LogP contribution >= 0.6 is 11.3 Å². The van der Waals surface area contributed by atoms with E-state index in [1.54, 1.807) is 11.3 Å². The molecule has 92 valence electrons. The van der Waals surface area contributed by atoms with Crippen molar-refractivity contribution < 1.29 is 4.42 Å². The summed E-state index contributed by atoms with van der Waals surface area (Å²) >= 11 is 1.76. The summed E-state index contributed by atoms with van der Waals surface area (Å²) in [6.07, 6.45) is 0.975. The normalized spacial score (nSPS) is 11.0. The van der Waals surface area contributed by atoms with Crippen LogP contribution in [0.2, 0.25) is 0 Å². The van der Waals surface area contributed by atoms with Crippen LogP contribution in [0.1, 0.15) is 10.8 Å². The largest absolute Gasteiger partial charge is 0.407 e. The van der Waals surface area contributed by atoms with Crippen molar-refractivity contribution in [1.82, 2.24) is 15.1 Å². The fourth-order valence-corrected chi connectivity index (χ4v) is 2.12. The van der Waals surface area contributed by atoms with Gasteiger partial charge in [-0.2, -0.15) is 0 Å². The van der Waals surface area contributed by atoms with Gasteiger partial charge in [0.05, 0.1) is 6.54 Å². The minimum Gasteiger partial charge on any atom is -0.407 e. The Bertz CT molecular complexity index is 438. The molecule has 0 unspecified atom stereocenters. The predicted octanol–water partition coefficient (Wildman–Crippen LogP) is 1.85. The van der Waals surface area contributed by atoms with E-state index in [2.05, 4.69) is 33.0 Å². The Kier molecular flexibility index (Phi) is 4.11. The first-order valence-electron chi connectivity index (χ1n) is 5.47. The van der Waals surface area contributed by atoms with Crippen LogP contribution in [0, 0.1) is 0 Å². The highest BCUT2D eigenvalue weighted by molar-refractivity contribution is 7.09. The van der Waals surface area contributed by atoms with E-state index in [9.17, 15) is 0 Å². The van der Waals surface area contributed by atoms with Crippen molar-refractivity contribution in [2.24, 2.45) is 0 Å². The summed E-state index contributed by atoms with van der Waals surface area (Å²) in [6, 6.07) is 4.68. The smallest absolute Gasteiger partial charge is 0.315 e. The first-order valence-corrected chi connectivity index (χ1v) is 6.35. The van der Waals surface area contributed by atoms with Crippen molar-refractivity contribution in [2.45, 2.75) is 13.0 Å². The highest BCUT2D eigenvalue weighted by Crippen LogP contribution is 2.10. The molecule has 0 radical (unpaired) electrons. The maximum absolute atomic E-state index is 5.44. The van der Waals surface area contributed by atoms with Crippen molar-refractivity contribution in [2.75, 3.05) is 26.0 Å². The quantitative estimate of drug-likeness (QED) is 0.850.